The minimum atomic E-state index is -0.407. The summed E-state index contributed by atoms with van der Waals surface area (Å²) in [5.41, 5.74) is 4.08. The number of aryl methyl sites for hydroxylation is 2. The molecule has 10 heteroatoms. The lowest BCUT2D eigenvalue weighted by atomic mass is 10.1. The van der Waals surface area contributed by atoms with E-state index >= 15 is 0 Å². The lowest BCUT2D eigenvalue weighted by molar-refractivity contribution is -0.113. The first-order valence-corrected chi connectivity index (χ1v) is 13.5. The molecule has 186 valence electrons. The Balaban J connectivity index is 1.40. The van der Waals surface area contributed by atoms with Crippen LogP contribution in [0.2, 0.25) is 5.02 Å². The molecule has 0 aliphatic carbocycles. The average Bonchev–Trinajstić information content (AvgIpc) is 3.48. The number of aromatic nitrogens is 4. The zero-order valence-electron chi connectivity index (χ0n) is 20.2. The third-order valence-corrected chi connectivity index (χ3v) is 7.28. The number of nitrogens with one attached hydrogen (secondary N) is 1. The van der Waals surface area contributed by atoms with Crippen LogP contribution in [0.5, 0.6) is 5.75 Å². The smallest absolute Gasteiger partial charge is 0.236 e. The maximum Gasteiger partial charge on any atom is 0.236 e. The Morgan fingerprint density at radius 1 is 1.22 bits per heavy atom. The Bertz CT molecular complexity index is 1370. The van der Waals surface area contributed by atoms with Crippen molar-refractivity contribution in [3.05, 3.63) is 82.5 Å². The predicted octanol–water partition coefficient (Wildman–Crippen LogP) is 6.73. The van der Waals surface area contributed by atoms with Gasteiger partial charge in [-0.25, -0.2) is 4.98 Å². The van der Waals surface area contributed by atoms with E-state index in [1.807, 2.05) is 67.1 Å². The second-order valence-corrected chi connectivity index (χ2v) is 10.4. The van der Waals surface area contributed by atoms with Crippen LogP contribution in [0.1, 0.15) is 30.0 Å². The van der Waals surface area contributed by atoms with Gasteiger partial charge in [0.25, 0.3) is 0 Å². The summed E-state index contributed by atoms with van der Waals surface area (Å²) in [5, 5.41) is 15.1. The summed E-state index contributed by atoms with van der Waals surface area (Å²) < 4.78 is 7.96. The Labute approximate surface area is 223 Å². The number of ether oxygens (including phenoxy) is 1. The van der Waals surface area contributed by atoms with E-state index in [1.165, 1.54) is 28.7 Å². The fraction of sp³-hybridized carbons (Fsp3) is 0.231. The van der Waals surface area contributed by atoms with Gasteiger partial charge in [-0.15, -0.1) is 28.1 Å². The molecular formula is C26H26ClN5O2S2. The molecule has 4 aromatic rings. The number of hydrogen-bond donors (Lipinski definition) is 1. The molecule has 0 fully saturated rings. The Kier molecular flexibility index (Phi) is 8.45. The SMILES string of the molecule is C=CCn1c(SCC(=O)Nc2nc(-c3ccc(C)cc3)cs2)nnc1C(C)Oc1cc(C)ccc1Cl. The summed E-state index contributed by atoms with van der Waals surface area (Å²) in [6.45, 7) is 10.2. The number of hydrogen-bond acceptors (Lipinski definition) is 7. The van der Waals surface area contributed by atoms with E-state index in [-0.39, 0.29) is 11.7 Å². The maximum absolute atomic E-state index is 12.6. The predicted molar refractivity (Wildman–Crippen MR) is 147 cm³/mol. The minimum absolute atomic E-state index is 0.160. The standard InChI is InChI=1S/C26H26ClN5O2S2/c1-5-12-32-24(18(4)34-22-13-17(3)8-11-20(22)27)30-31-26(32)36-15-23(33)29-25-28-21(14-35-25)19-9-6-16(2)7-10-19/h5-11,13-14,18H,1,12,15H2,2-4H3,(H,28,29,33). The topological polar surface area (TPSA) is 81.9 Å². The molecule has 0 saturated carbocycles. The largest absolute Gasteiger partial charge is 0.481 e. The third-order valence-electron chi connectivity index (χ3n) is 5.24. The number of thioether (sulfide) groups is 1. The van der Waals surface area contributed by atoms with E-state index in [4.69, 9.17) is 16.3 Å². The first-order valence-electron chi connectivity index (χ1n) is 11.3. The molecule has 0 aliphatic rings. The molecule has 1 amide bonds. The van der Waals surface area contributed by atoms with Crippen LogP contribution in [0.4, 0.5) is 5.13 Å². The molecule has 36 heavy (non-hydrogen) atoms. The van der Waals surface area contributed by atoms with Gasteiger partial charge in [-0.05, 0) is 38.5 Å². The van der Waals surface area contributed by atoms with Crippen LogP contribution < -0.4 is 10.1 Å². The molecule has 4 rings (SSSR count). The Morgan fingerprint density at radius 3 is 2.72 bits per heavy atom. The van der Waals surface area contributed by atoms with E-state index in [0.717, 1.165) is 16.8 Å². The lowest BCUT2D eigenvalue weighted by Gasteiger charge is -2.17. The van der Waals surface area contributed by atoms with E-state index in [0.29, 0.717) is 33.4 Å². The molecule has 0 aliphatic heterocycles. The summed E-state index contributed by atoms with van der Waals surface area (Å²) in [4.78, 5) is 17.2. The molecule has 2 aromatic carbocycles. The van der Waals surface area contributed by atoms with Crippen molar-refractivity contribution < 1.29 is 9.53 Å². The molecule has 0 radical (unpaired) electrons. The van der Waals surface area contributed by atoms with Crippen molar-refractivity contribution in [2.24, 2.45) is 0 Å². The van der Waals surface area contributed by atoms with Gasteiger partial charge in [0, 0.05) is 17.5 Å². The van der Waals surface area contributed by atoms with Gasteiger partial charge >= 0.3 is 0 Å². The Hall–Kier alpha value is -3.14. The van der Waals surface area contributed by atoms with E-state index in [2.05, 4.69) is 27.1 Å². The fourth-order valence-corrected chi connectivity index (χ4v) is 5.08. The minimum Gasteiger partial charge on any atom is -0.481 e. The van der Waals surface area contributed by atoms with Crippen LogP contribution in [0.3, 0.4) is 0 Å². The average molecular weight is 540 g/mol. The van der Waals surface area contributed by atoms with Crippen molar-refractivity contribution in [3.63, 3.8) is 0 Å². The van der Waals surface area contributed by atoms with Gasteiger partial charge < -0.3 is 10.1 Å². The van der Waals surface area contributed by atoms with Crippen molar-refractivity contribution in [2.75, 3.05) is 11.1 Å². The van der Waals surface area contributed by atoms with Crippen LogP contribution in [-0.2, 0) is 11.3 Å². The van der Waals surface area contributed by atoms with E-state index < -0.39 is 6.10 Å². The van der Waals surface area contributed by atoms with E-state index in [1.54, 1.807) is 12.1 Å². The highest BCUT2D eigenvalue weighted by molar-refractivity contribution is 7.99. The summed E-state index contributed by atoms with van der Waals surface area (Å²) in [5.74, 6) is 1.20. The van der Waals surface area contributed by atoms with Crippen molar-refractivity contribution in [1.82, 2.24) is 19.7 Å². The van der Waals surface area contributed by atoms with Gasteiger partial charge in [0.05, 0.1) is 16.5 Å². The van der Waals surface area contributed by atoms with Crippen molar-refractivity contribution in [2.45, 2.75) is 38.6 Å². The monoisotopic (exact) mass is 539 g/mol. The van der Waals surface area contributed by atoms with Crippen LogP contribution in [0.15, 0.2) is 65.7 Å². The van der Waals surface area contributed by atoms with Gasteiger partial charge in [-0.2, -0.15) is 0 Å². The van der Waals surface area contributed by atoms with Crippen molar-refractivity contribution in [1.29, 1.82) is 0 Å². The molecule has 0 bridgehead atoms. The normalized spacial score (nSPS) is 11.8. The van der Waals surface area contributed by atoms with Gasteiger partial charge in [0.1, 0.15) is 5.75 Å². The van der Waals surface area contributed by atoms with Crippen LogP contribution in [-0.4, -0.2) is 31.4 Å². The van der Waals surface area contributed by atoms with Gasteiger partial charge in [-0.1, -0.05) is 65.3 Å². The second-order valence-electron chi connectivity index (χ2n) is 8.17. The van der Waals surface area contributed by atoms with E-state index in [9.17, 15) is 4.79 Å². The lowest BCUT2D eigenvalue weighted by Crippen LogP contribution is -2.15. The Morgan fingerprint density at radius 2 is 1.97 bits per heavy atom. The molecule has 2 aromatic heterocycles. The molecule has 1 N–H and O–H groups in total. The zero-order valence-corrected chi connectivity index (χ0v) is 22.6. The van der Waals surface area contributed by atoms with Gasteiger partial charge in [0.2, 0.25) is 5.91 Å². The number of thiazole rings is 1. The molecule has 7 nitrogen and oxygen atoms in total. The van der Waals surface area contributed by atoms with Crippen LogP contribution in [0, 0.1) is 13.8 Å². The van der Waals surface area contributed by atoms with Gasteiger partial charge in [-0.3, -0.25) is 9.36 Å². The fourth-order valence-electron chi connectivity index (χ4n) is 3.43. The molecule has 1 atom stereocenters. The number of nitrogens with zero attached hydrogens (tertiary/aromatic N) is 4. The molecule has 2 heterocycles. The third kappa shape index (κ3) is 6.34. The first kappa shape index (κ1) is 25.9. The number of carbonyl (C=O) groups excluding carboxylic acids is 1. The number of rotatable bonds is 10. The second kappa shape index (κ2) is 11.7. The molecular weight excluding hydrogens is 514 g/mol. The number of anilines is 1. The molecule has 1 unspecified atom stereocenters. The van der Waals surface area contributed by atoms with Crippen molar-refractivity contribution in [3.8, 4) is 17.0 Å². The summed E-state index contributed by atoms with van der Waals surface area (Å²) in [6, 6.07) is 13.7. The van der Waals surface area contributed by atoms with Gasteiger partial charge in [0.15, 0.2) is 22.2 Å². The number of benzene rings is 2. The molecule has 0 saturated heterocycles. The number of carbonyl (C=O) groups is 1. The summed E-state index contributed by atoms with van der Waals surface area (Å²) >= 11 is 8.98. The number of halogens is 1. The molecule has 0 spiro atoms. The first-order chi connectivity index (χ1) is 17.3. The van der Waals surface area contributed by atoms with Crippen molar-refractivity contribution >= 4 is 45.7 Å². The number of amides is 1. The highest BCUT2D eigenvalue weighted by atomic mass is 35.5. The summed E-state index contributed by atoms with van der Waals surface area (Å²) in [6.07, 6.45) is 1.35. The quantitative estimate of drug-likeness (QED) is 0.178. The maximum atomic E-state index is 12.6. The highest BCUT2D eigenvalue weighted by Crippen LogP contribution is 2.31. The zero-order chi connectivity index (χ0) is 25.7. The number of allylic oxidation sites excluding steroid dienone is 1. The highest BCUT2D eigenvalue weighted by Gasteiger charge is 2.21. The van der Waals surface area contributed by atoms with Crippen LogP contribution in [0.25, 0.3) is 11.3 Å². The van der Waals surface area contributed by atoms with Crippen LogP contribution >= 0.6 is 34.7 Å². The summed E-state index contributed by atoms with van der Waals surface area (Å²) in [7, 11) is 0.